The Morgan fingerprint density at radius 1 is 0.850 bits per heavy atom. The van der Waals surface area contributed by atoms with E-state index in [0.29, 0.717) is 10.6 Å². The molecule has 0 bridgehead atoms. The summed E-state index contributed by atoms with van der Waals surface area (Å²) in [5, 5.41) is 3.23. The monoisotopic (exact) mass is 596 g/mol. The fraction of sp³-hybridized carbons (Fsp3) is 0.133. The number of anilines is 1. The molecule has 4 aromatic carbocycles. The van der Waals surface area contributed by atoms with Gasteiger partial charge in [0.05, 0.1) is 12.3 Å². The van der Waals surface area contributed by atoms with Gasteiger partial charge in [0.15, 0.2) is 5.78 Å². The highest BCUT2D eigenvalue weighted by molar-refractivity contribution is 7.89. The summed E-state index contributed by atoms with van der Waals surface area (Å²) in [5.41, 5.74) is 1.49. The Morgan fingerprint density at radius 2 is 1.48 bits per heavy atom. The van der Waals surface area contributed by atoms with Gasteiger partial charge in [-0.15, -0.1) is 0 Å². The summed E-state index contributed by atoms with van der Waals surface area (Å²) in [6.07, 6.45) is 0.0337. The highest BCUT2D eigenvalue weighted by Crippen LogP contribution is 2.28. The number of ketones is 1. The Bertz CT molecular complexity index is 1610. The van der Waals surface area contributed by atoms with E-state index in [9.17, 15) is 18.0 Å². The predicted octanol–water partition coefficient (Wildman–Crippen LogP) is 6.15. The largest absolute Gasteiger partial charge is 0.492 e. The van der Waals surface area contributed by atoms with Crippen LogP contribution in [0, 0.1) is 0 Å². The first-order valence-electron chi connectivity index (χ1n) is 12.4. The molecular formula is C30H26Cl2N2O5S. The number of hydrogen-bond donors (Lipinski definition) is 2. The van der Waals surface area contributed by atoms with Gasteiger partial charge in [0.25, 0.3) is 0 Å². The van der Waals surface area contributed by atoms with Crippen molar-refractivity contribution in [2.24, 2.45) is 0 Å². The zero-order valence-corrected chi connectivity index (χ0v) is 23.8. The number of halogens is 2. The molecule has 1 atom stereocenters. The minimum atomic E-state index is -4.28. The van der Waals surface area contributed by atoms with Crippen molar-refractivity contribution < 1.29 is 22.7 Å². The summed E-state index contributed by atoms with van der Waals surface area (Å²) in [4.78, 5) is 26.7. The van der Waals surface area contributed by atoms with Gasteiger partial charge in [-0.3, -0.25) is 9.59 Å². The van der Waals surface area contributed by atoms with Crippen LogP contribution in [0.1, 0.15) is 28.4 Å². The van der Waals surface area contributed by atoms with E-state index in [1.807, 2.05) is 6.07 Å². The highest BCUT2D eigenvalue weighted by atomic mass is 35.5. The van der Waals surface area contributed by atoms with Crippen molar-refractivity contribution in [2.45, 2.75) is 24.3 Å². The summed E-state index contributed by atoms with van der Waals surface area (Å²) in [5.74, 6) is -0.914. The van der Waals surface area contributed by atoms with E-state index in [1.165, 1.54) is 36.4 Å². The molecule has 0 radical (unpaired) electrons. The van der Waals surface area contributed by atoms with Crippen LogP contribution >= 0.6 is 23.2 Å². The summed E-state index contributed by atoms with van der Waals surface area (Å²) in [6.45, 7) is 1.96. The molecule has 10 heteroatoms. The van der Waals surface area contributed by atoms with Gasteiger partial charge >= 0.3 is 0 Å². The minimum absolute atomic E-state index is 0.0337. The summed E-state index contributed by atoms with van der Waals surface area (Å²) in [7, 11) is -4.28. The molecule has 0 saturated heterocycles. The maximum Gasteiger partial charge on any atom is 0.245 e. The van der Waals surface area contributed by atoms with Gasteiger partial charge in [-0.1, -0.05) is 83.9 Å². The zero-order valence-electron chi connectivity index (χ0n) is 21.4. The van der Waals surface area contributed by atoms with E-state index in [1.54, 1.807) is 61.5 Å². The van der Waals surface area contributed by atoms with Crippen LogP contribution in [0.2, 0.25) is 10.0 Å². The molecular weight excluding hydrogens is 571 g/mol. The van der Waals surface area contributed by atoms with Crippen molar-refractivity contribution in [1.82, 2.24) is 4.72 Å². The number of rotatable bonds is 11. The van der Waals surface area contributed by atoms with Crippen molar-refractivity contribution in [3.63, 3.8) is 0 Å². The van der Waals surface area contributed by atoms with E-state index >= 15 is 0 Å². The van der Waals surface area contributed by atoms with Crippen molar-refractivity contribution in [3.05, 3.63) is 124 Å². The molecule has 1 amide bonds. The van der Waals surface area contributed by atoms with E-state index in [-0.39, 0.29) is 45.7 Å². The Morgan fingerprint density at radius 3 is 2.15 bits per heavy atom. The lowest BCUT2D eigenvalue weighted by Gasteiger charge is -2.21. The minimum Gasteiger partial charge on any atom is -0.492 e. The van der Waals surface area contributed by atoms with E-state index in [4.69, 9.17) is 27.9 Å². The maximum atomic E-state index is 13.7. The molecule has 0 heterocycles. The number of ether oxygens (including phenoxy) is 1. The summed E-state index contributed by atoms with van der Waals surface area (Å²) < 4.78 is 35.1. The summed E-state index contributed by atoms with van der Waals surface area (Å²) in [6, 6.07) is 25.0. The van der Waals surface area contributed by atoms with Crippen molar-refractivity contribution in [3.8, 4) is 5.75 Å². The van der Waals surface area contributed by atoms with Crippen LogP contribution in [0.25, 0.3) is 0 Å². The second-order valence-electron chi connectivity index (χ2n) is 8.76. The SMILES string of the molecule is CCOc1ccc(Cl)cc1S(=O)(=O)NC(Cc1ccccc1)C(=O)Nc1ccc(Cl)cc1C(=O)c1ccccc1. The lowest BCUT2D eigenvalue weighted by Crippen LogP contribution is -2.45. The van der Waals surface area contributed by atoms with Gasteiger partial charge in [0.1, 0.15) is 16.7 Å². The molecule has 7 nitrogen and oxygen atoms in total. The third-order valence-corrected chi connectivity index (χ3v) is 7.87. The van der Waals surface area contributed by atoms with Crippen LogP contribution in [0.5, 0.6) is 5.75 Å². The molecule has 206 valence electrons. The zero-order chi connectivity index (χ0) is 28.7. The highest BCUT2D eigenvalue weighted by Gasteiger charge is 2.29. The molecule has 40 heavy (non-hydrogen) atoms. The number of carbonyl (C=O) groups is 2. The molecule has 0 spiro atoms. The molecule has 4 aromatic rings. The third-order valence-electron chi connectivity index (χ3n) is 5.91. The van der Waals surface area contributed by atoms with Gasteiger partial charge in [-0.2, -0.15) is 4.72 Å². The number of sulfonamides is 1. The Hall–Kier alpha value is -3.69. The van der Waals surface area contributed by atoms with E-state index in [0.717, 1.165) is 5.56 Å². The fourth-order valence-corrected chi connectivity index (χ4v) is 5.81. The van der Waals surface area contributed by atoms with Gasteiger partial charge in [0.2, 0.25) is 15.9 Å². The fourth-order valence-electron chi connectivity index (χ4n) is 4.03. The smallest absolute Gasteiger partial charge is 0.245 e. The van der Waals surface area contributed by atoms with Gasteiger partial charge < -0.3 is 10.1 Å². The molecule has 0 aliphatic heterocycles. The number of carbonyl (C=O) groups excluding carboxylic acids is 2. The topological polar surface area (TPSA) is 102 Å². The van der Waals surface area contributed by atoms with E-state index in [2.05, 4.69) is 10.0 Å². The van der Waals surface area contributed by atoms with Crippen molar-refractivity contribution in [1.29, 1.82) is 0 Å². The second kappa shape index (κ2) is 13.1. The van der Waals surface area contributed by atoms with Crippen molar-refractivity contribution >= 4 is 50.6 Å². The second-order valence-corrected chi connectivity index (χ2v) is 11.3. The maximum absolute atomic E-state index is 13.7. The molecule has 0 fully saturated rings. The van der Waals surface area contributed by atoms with Gasteiger partial charge in [0, 0.05) is 21.2 Å². The first kappa shape index (κ1) is 29.3. The third kappa shape index (κ3) is 7.28. The van der Waals surface area contributed by atoms with E-state index < -0.39 is 22.0 Å². The molecule has 2 N–H and O–H groups in total. The Balaban J connectivity index is 1.69. The lowest BCUT2D eigenvalue weighted by molar-refractivity contribution is -0.117. The first-order chi connectivity index (χ1) is 19.2. The van der Waals surface area contributed by atoms with Gasteiger partial charge in [-0.05, 0) is 55.3 Å². The van der Waals surface area contributed by atoms with Crippen LogP contribution in [-0.4, -0.2) is 32.8 Å². The standard InChI is InChI=1S/C30H26Cl2N2O5S/c1-2-39-27-16-14-23(32)19-28(27)40(37,38)34-26(17-20-9-5-3-6-10-20)30(36)33-25-15-13-22(31)18-24(25)29(35)21-11-7-4-8-12-21/h3-16,18-19,26,34H,2,17H2,1H3,(H,33,36). The molecule has 0 aromatic heterocycles. The number of nitrogens with one attached hydrogen (secondary N) is 2. The van der Waals surface area contributed by atoms with Crippen LogP contribution in [0.4, 0.5) is 5.69 Å². The molecule has 4 rings (SSSR count). The average Bonchev–Trinajstić information content (AvgIpc) is 2.95. The van der Waals surface area contributed by atoms with Gasteiger partial charge in [-0.25, -0.2) is 8.42 Å². The average molecular weight is 598 g/mol. The number of hydrogen-bond acceptors (Lipinski definition) is 5. The first-order valence-corrected chi connectivity index (χ1v) is 14.6. The molecule has 0 saturated carbocycles. The molecule has 0 aliphatic rings. The summed E-state index contributed by atoms with van der Waals surface area (Å²) >= 11 is 12.3. The number of amides is 1. The van der Waals surface area contributed by atoms with Crippen LogP contribution in [-0.2, 0) is 21.2 Å². The van der Waals surface area contributed by atoms with Crippen LogP contribution in [0.3, 0.4) is 0 Å². The molecule has 0 aliphatic carbocycles. The predicted molar refractivity (Wildman–Crippen MR) is 157 cm³/mol. The molecule has 1 unspecified atom stereocenters. The normalized spacial score (nSPS) is 12.0. The quantitative estimate of drug-likeness (QED) is 0.202. The van der Waals surface area contributed by atoms with Crippen LogP contribution in [0.15, 0.2) is 102 Å². The number of benzene rings is 4. The Kier molecular flexibility index (Phi) is 9.60. The van der Waals surface area contributed by atoms with Crippen molar-refractivity contribution in [2.75, 3.05) is 11.9 Å². The van der Waals surface area contributed by atoms with Crippen LogP contribution < -0.4 is 14.8 Å². The lowest BCUT2D eigenvalue weighted by atomic mass is 10.0. The Labute approximate surface area is 243 Å².